The van der Waals surface area contributed by atoms with Gasteiger partial charge in [0.25, 0.3) is 6.47 Å². The second-order valence-corrected chi connectivity index (χ2v) is 9.47. The fourth-order valence-corrected chi connectivity index (χ4v) is 3.79. The third-order valence-electron chi connectivity index (χ3n) is 6.21. The molecule has 1 saturated heterocycles. The lowest BCUT2D eigenvalue weighted by Crippen LogP contribution is -2.48. The molecule has 1 aliphatic heterocycles. The molecule has 2 atom stereocenters. The molecule has 0 aliphatic carbocycles. The average Bonchev–Trinajstić information content (AvgIpc) is 3.10. The summed E-state index contributed by atoms with van der Waals surface area (Å²) in [7, 11) is 3.68. The van der Waals surface area contributed by atoms with Gasteiger partial charge in [-0.25, -0.2) is 13.2 Å². The standard InChI is InChI=1S/C14H20FN3O3.C13H10F2.C3H9N.C2H5NO.C2H2/c1-16-14-6-17-5-13(15)12(14)3-2-11-4-18-10(8-21-11)7-20-9-19;14-12-5-1-10(2-6-12)9-11-3-7-13(15)8-4-11;1-3-4-2;3-1-2-4;1-2/h5-6,9-11,16,18H,2-4,7-8H2,1H3;1-8H,9H2;4H,3H2,1-2H3;2H,1,3H2;1-2H/t10-,11-;;;;/m1..../s1. The van der Waals surface area contributed by atoms with Crippen LogP contribution in [0.5, 0.6) is 0 Å². The normalized spacial score (nSPS) is 14.5. The molecule has 1 fully saturated rings. The molecule has 3 aromatic rings. The van der Waals surface area contributed by atoms with Crippen LogP contribution in [0.25, 0.3) is 0 Å². The molecule has 1 aromatic heterocycles. The Morgan fingerprint density at radius 3 is 1.98 bits per heavy atom. The maximum absolute atomic E-state index is 13.8. The number of pyridine rings is 1. The number of hydrogen-bond acceptors (Lipinski definition) is 9. The first-order chi connectivity index (χ1) is 22.3. The zero-order valence-electron chi connectivity index (χ0n) is 26.7. The van der Waals surface area contributed by atoms with Gasteiger partial charge >= 0.3 is 0 Å². The number of aldehydes is 1. The molecule has 46 heavy (non-hydrogen) atoms. The zero-order chi connectivity index (χ0) is 34.6. The third-order valence-corrected chi connectivity index (χ3v) is 6.21. The first-order valence-corrected chi connectivity index (χ1v) is 14.6. The fourth-order valence-electron chi connectivity index (χ4n) is 3.79. The van der Waals surface area contributed by atoms with Crippen molar-refractivity contribution in [2.24, 2.45) is 5.73 Å². The van der Waals surface area contributed by atoms with Crippen molar-refractivity contribution in [2.75, 3.05) is 52.3 Å². The predicted octanol–water partition coefficient (Wildman–Crippen LogP) is 3.90. The van der Waals surface area contributed by atoms with E-state index in [4.69, 9.17) is 14.3 Å². The van der Waals surface area contributed by atoms with Crippen LogP contribution in [0.4, 0.5) is 18.9 Å². The first kappa shape index (κ1) is 41.7. The third kappa shape index (κ3) is 18.5. The highest BCUT2D eigenvalue weighted by atomic mass is 19.1. The van der Waals surface area contributed by atoms with Crippen molar-refractivity contribution in [2.45, 2.75) is 38.3 Å². The molecule has 0 saturated carbocycles. The van der Waals surface area contributed by atoms with E-state index in [1.807, 2.05) is 7.05 Å². The number of morpholine rings is 1. The Kier molecular flexibility index (Phi) is 24.5. The summed E-state index contributed by atoms with van der Waals surface area (Å²) in [5, 5.41) is 9.13. The van der Waals surface area contributed by atoms with E-state index in [9.17, 15) is 18.0 Å². The Bertz CT molecular complexity index is 1180. The van der Waals surface area contributed by atoms with Gasteiger partial charge in [-0.3, -0.25) is 9.78 Å². The Labute approximate surface area is 270 Å². The van der Waals surface area contributed by atoms with Crippen molar-refractivity contribution < 1.29 is 32.2 Å². The van der Waals surface area contributed by atoms with Crippen molar-refractivity contribution >= 4 is 18.4 Å². The molecule has 5 N–H and O–H groups in total. The van der Waals surface area contributed by atoms with Crippen LogP contribution in [-0.2, 0) is 31.9 Å². The molecule has 0 spiro atoms. The van der Waals surface area contributed by atoms with Crippen LogP contribution in [0.2, 0.25) is 0 Å². The second kappa shape index (κ2) is 27.1. The minimum atomic E-state index is -0.303. The molecular formula is C34H46F3N5O4. The number of rotatable bonds is 11. The molecule has 0 bridgehead atoms. The number of benzene rings is 2. The lowest BCUT2D eigenvalue weighted by Gasteiger charge is -2.30. The van der Waals surface area contributed by atoms with Crippen molar-refractivity contribution in [3.8, 4) is 12.8 Å². The number of nitrogens with one attached hydrogen (secondary N) is 3. The van der Waals surface area contributed by atoms with Gasteiger partial charge in [-0.1, -0.05) is 31.2 Å². The lowest BCUT2D eigenvalue weighted by atomic mass is 10.0. The van der Waals surface area contributed by atoms with E-state index in [0.717, 1.165) is 17.7 Å². The van der Waals surface area contributed by atoms with E-state index in [1.54, 1.807) is 37.5 Å². The fraction of sp³-hybridized carbons (Fsp3) is 0.382. The van der Waals surface area contributed by atoms with Crippen LogP contribution < -0.4 is 21.7 Å². The van der Waals surface area contributed by atoms with Crippen LogP contribution in [0, 0.1) is 30.3 Å². The first-order valence-electron chi connectivity index (χ1n) is 14.6. The van der Waals surface area contributed by atoms with Gasteiger partial charge in [-0.05, 0) is 68.2 Å². The molecule has 2 aromatic carbocycles. The number of nitrogens with two attached hydrogens (primary N) is 1. The molecule has 9 nitrogen and oxygen atoms in total. The van der Waals surface area contributed by atoms with Gasteiger partial charge < -0.3 is 36.0 Å². The van der Waals surface area contributed by atoms with E-state index in [2.05, 4.69) is 46.4 Å². The quantitative estimate of drug-likeness (QED) is 0.181. The number of ether oxygens (including phenoxy) is 2. The maximum Gasteiger partial charge on any atom is 0.293 e. The van der Waals surface area contributed by atoms with E-state index in [1.165, 1.54) is 30.5 Å². The summed E-state index contributed by atoms with van der Waals surface area (Å²) in [6, 6.07) is 12.7. The van der Waals surface area contributed by atoms with E-state index >= 15 is 0 Å². The summed E-state index contributed by atoms with van der Waals surface area (Å²) < 4.78 is 49.4. The highest BCUT2D eigenvalue weighted by Crippen LogP contribution is 2.20. The maximum atomic E-state index is 13.8. The number of aromatic nitrogens is 1. The van der Waals surface area contributed by atoms with Gasteiger partial charge in [0, 0.05) is 25.7 Å². The number of hydrogen-bond donors (Lipinski definition) is 4. The largest absolute Gasteiger partial charge is 0.466 e. The van der Waals surface area contributed by atoms with Crippen molar-refractivity contribution in [3.63, 3.8) is 0 Å². The molecule has 12 heteroatoms. The summed E-state index contributed by atoms with van der Waals surface area (Å²) in [6.45, 7) is 5.16. The monoisotopic (exact) mass is 645 g/mol. The minimum absolute atomic E-state index is 0.0229. The van der Waals surface area contributed by atoms with Gasteiger partial charge in [0.2, 0.25) is 0 Å². The molecular weight excluding hydrogens is 599 g/mol. The SMILES string of the molecule is C#C.CCNC.CNc1cncc(F)c1CC[C@@H]1CN[C@H](COC=O)CO1.Fc1ccc(Cc2ccc(F)cc2)cc1.NCC=O. The van der Waals surface area contributed by atoms with Gasteiger partial charge in [0.1, 0.15) is 30.3 Å². The van der Waals surface area contributed by atoms with Gasteiger partial charge in [-0.15, -0.1) is 12.8 Å². The molecule has 252 valence electrons. The smallest absolute Gasteiger partial charge is 0.293 e. The van der Waals surface area contributed by atoms with Crippen LogP contribution in [0.15, 0.2) is 60.9 Å². The number of halogens is 3. The second-order valence-electron chi connectivity index (χ2n) is 9.47. The molecule has 0 unspecified atom stereocenters. The summed E-state index contributed by atoms with van der Waals surface area (Å²) in [5.41, 5.74) is 8.03. The Morgan fingerprint density at radius 1 is 1.02 bits per heavy atom. The topological polar surface area (TPSA) is 128 Å². The molecule has 4 rings (SSSR count). The van der Waals surface area contributed by atoms with Crippen molar-refractivity contribution in [1.82, 2.24) is 15.6 Å². The Hall–Kier alpha value is -4.28. The lowest BCUT2D eigenvalue weighted by molar-refractivity contribution is -0.130. The van der Waals surface area contributed by atoms with Crippen LogP contribution in [-0.4, -0.2) is 76.8 Å². The molecule has 0 amide bonds. The highest BCUT2D eigenvalue weighted by molar-refractivity contribution is 5.51. The number of carbonyl (C=O) groups is 2. The predicted molar refractivity (Wildman–Crippen MR) is 176 cm³/mol. The summed E-state index contributed by atoms with van der Waals surface area (Å²) >= 11 is 0. The van der Waals surface area contributed by atoms with E-state index in [-0.39, 0.29) is 36.1 Å². The van der Waals surface area contributed by atoms with E-state index < -0.39 is 0 Å². The Morgan fingerprint density at radius 2 is 1.57 bits per heavy atom. The average molecular weight is 646 g/mol. The number of anilines is 1. The van der Waals surface area contributed by atoms with Crippen molar-refractivity contribution in [3.05, 3.63) is 95.1 Å². The summed E-state index contributed by atoms with van der Waals surface area (Å²) in [4.78, 5) is 23.0. The van der Waals surface area contributed by atoms with Gasteiger partial charge in [0.15, 0.2) is 0 Å². The van der Waals surface area contributed by atoms with Gasteiger partial charge in [0.05, 0.1) is 36.8 Å². The van der Waals surface area contributed by atoms with E-state index in [0.29, 0.717) is 63.0 Å². The molecule has 2 heterocycles. The molecule has 0 radical (unpaired) electrons. The minimum Gasteiger partial charge on any atom is -0.466 e. The summed E-state index contributed by atoms with van der Waals surface area (Å²) in [5.74, 6) is -0.779. The van der Waals surface area contributed by atoms with Crippen LogP contribution >= 0.6 is 0 Å². The number of terminal acetylenes is 1. The Balaban J connectivity index is 0.000000703. The van der Waals surface area contributed by atoms with Crippen molar-refractivity contribution in [1.29, 1.82) is 0 Å². The number of carbonyl (C=O) groups excluding carboxylic acids is 2. The summed E-state index contributed by atoms with van der Waals surface area (Å²) in [6.07, 6.45) is 13.5. The molecule has 1 aliphatic rings. The highest BCUT2D eigenvalue weighted by Gasteiger charge is 2.22. The zero-order valence-corrected chi connectivity index (χ0v) is 26.7. The van der Waals surface area contributed by atoms with Crippen LogP contribution in [0.3, 0.4) is 0 Å². The van der Waals surface area contributed by atoms with Gasteiger partial charge in [-0.2, -0.15) is 0 Å². The van der Waals surface area contributed by atoms with Crippen LogP contribution in [0.1, 0.15) is 30.0 Å². The number of nitrogens with zero attached hydrogens (tertiary/aromatic N) is 1.